The Morgan fingerprint density at radius 1 is 1.29 bits per heavy atom. The lowest BCUT2D eigenvalue weighted by Gasteiger charge is -2.20. The summed E-state index contributed by atoms with van der Waals surface area (Å²) in [5, 5.41) is 9.99. The minimum absolute atomic E-state index is 0.00569. The first-order valence-electron chi connectivity index (χ1n) is 4.62. The molecule has 2 nitrogen and oxygen atoms in total. The molecule has 1 unspecified atom stereocenters. The van der Waals surface area contributed by atoms with E-state index in [1.54, 1.807) is 6.92 Å². The molecule has 0 radical (unpaired) electrons. The highest BCUT2D eigenvalue weighted by Gasteiger charge is 2.34. The third-order valence-electron chi connectivity index (χ3n) is 2.49. The zero-order valence-electron chi connectivity index (χ0n) is 8.03. The summed E-state index contributed by atoms with van der Waals surface area (Å²) in [6.45, 7) is 1.68. The molecule has 1 N–H and O–H groups in total. The molecule has 0 aromatic heterocycles. The number of carbonyl (C=O) groups excluding carboxylic acids is 1. The van der Waals surface area contributed by atoms with Crippen LogP contribution in [-0.2, 0) is 4.79 Å². The number of rotatable bonds is 1. The SMILES string of the molecule is CC1(O)CC(=O)C=C1c1ccccc1. The maximum Gasteiger partial charge on any atom is 0.159 e. The van der Waals surface area contributed by atoms with E-state index >= 15 is 0 Å². The predicted octanol–water partition coefficient (Wildman–Crippen LogP) is 1.79. The van der Waals surface area contributed by atoms with Crippen molar-refractivity contribution in [1.29, 1.82) is 0 Å². The van der Waals surface area contributed by atoms with E-state index in [1.165, 1.54) is 6.08 Å². The van der Waals surface area contributed by atoms with Crippen molar-refractivity contribution in [1.82, 2.24) is 0 Å². The molecular weight excluding hydrogens is 176 g/mol. The zero-order chi connectivity index (χ0) is 10.2. The number of carbonyl (C=O) groups is 1. The molecule has 1 aromatic carbocycles. The fourth-order valence-electron chi connectivity index (χ4n) is 1.81. The number of aliphatic hydroxyl groups is 1. The largest absolute Gasteiger partial charge is 0.385 e. The van der Waals surface area contributed by atoms with Crippen LogP contribution < -0.4 is 0 Å². The van der Waals surface area contributed by atoms with E-state index in [4.69, 9.17) is 0 Å². The highest BCUT2D eigenvalue weighted by atomic mass is 16.3. The van der Waals surface area contributed by atoms with E-state index in [1.807, 2.05) is 30.3 Å². The molecule has 2 rings (SSSR count). The topological polar surface area (TPSA) is 37.3 Å². The average molecular weight is 188 g/mol. The standard InChI is InChI=1S/C12H12O2/c1-12(14)8-10(13)7-11(12)9-5-3-2-4-6-9/h2-7,14H,8H2,1H3. The third kappa shape index (κ3) is 1.49. The van der Waals surface area contributed by atoms with Gasteiger partial charge in [-0.05, 0) is 24.1 Å². The molecule has 0 amide bonds. The van der Waals surface area contributed by atoms with Gasteiger partial charge in [-0.25, -0.2) is 0 Å². The Kier molecular flexibility index (Phi) is 2.01. The first-order valence-corrected chi connectivity index (χ1v) is 4.62. The van der Waals surface area contributed by atoms with E-state index < -0.39 is 5.60 Å². The second kappa shape index (κ2) is 3.07. The van der Waals surface area contributed by atoms with E-state index in [0.29, 0.717) is 0 Å². The number of benzene rings is 1. The molecule has 0 saturated carbocycles. The van der Waals surface area contributed by atoms with E-state index in [2.05, 4.69) is 0 Å². The summed E-state index contributed by atoms with van der Waals surface area (Å²) in [5.74, 6) is -0.00569. The molecule has 14 heavy (non-hydrogen) atoms. The quantitative estimate of drug-likeness (QED) is 0.729. The van der Waals surface area contributed by atoms with E-state index in [0.717, 1.165) is 11.1 Å². The van der Waals surface area contributed by atoms with Crippen molar-refractivity contribution in [2.24, 2.45) is 0 Å². The van der Waals surface area contributed by atoms with Crippen molar-refractivity contribution in [2.45, 2.75) is 18.9 Å². The summed E-state index contributed by atoms with van der Waals surface area (Å²) >= 11 is 0. The second-order valence-electron chi connectivity index (χ2n) is 3.84. The molecule has 0 heterocycles. The van der Waals surface area contributed by atoms with Crippen LogP contribution in [0.5, 0.6) is 0 Å². The van der Waals surface area contributed by atoms with Gasteiger partial charge in [0.05, 0.1) is 5.60 Å². The van der Waals surface area contributed by atoms with Gasteiger partial charge in [0.2, 0.25) is 0 Å². The molecule has 0 spiro atoms. The number of allylic oxidation sites excluding steroid dienone is 1. The Morgan fingerprint density at radius 3 is 2.43 bits per heavy atom. The van der Waals surface area contributed by atoms with Crippen molar-refractivity contribution >= 4 is 11.4 Å². The fourth-order valence-corrected chi connectivity index (χ4v) is 1.81. The van der Waals surface area contributed by atoms with Gasteiger partial charge in [0.15, 0.2) is 5.78 Å². The van der Waals surface area contributed by atoms with Crippen LogP contribution >= 0.6 is 0 Å². The lowest BCUT2D eigenvalue weighted by Crippen LogP contribution is -2.23. The summed E-state index contributed by atoms with van der Waals surface area (Å²) in [4.78, 5) is 11.2. The van der Waals surface area contributed by atoms with Gasteiger partial charge < -0.3 is 5.11 Å². The molecule has 1 atom stereocenters. The van der Waals surface area contributed by atoms with Crippen LogP contribution in [0.1, 0.15) is 18.9 Å². The van der Waals surface area contributed by atoms with Crippen molar-refractivity contribution in [3.8, 4) is 0 Å². The lowest BCUT2D eigenvalue weighted by molar-refractivity contribution is -0.116. The van der Waals surface area contributed by atoms with Gasteiger partial charge in [0.25, 0.3) is 0 Å². The fraction of sp³-hybridized carbons (Fsp3) is 0.250. The Bertz CT molecular complexity index is 388. The maximum atomic E-state index is 11.2. The van der Waals surface area contributed by atoms with Gasteiger partial charge in [-0.1, -0.05) is 30.3 Å². The van der Waals surface area contributed by atoms with Crippen LogP contribution in [-0.4, -0.2) is 16.5 Å². The van der Waals surface area contributed by atoms with Crippen molar-refractivity contribution in [3.63, 3.8) is 0 Å². The van der Waals surface area contributed by atoms with Crippen LogP contribution in [0.15, 0.2) is 36.4 Å². The third-order valence-corrected chi connectivity index (χ3v) is 2.49. The summed E-state index contributed by atoms with van der Waals surface area (Å²) in [5.41, 5.74) is 0.643. The van der Waals surface area contributed by atoms with Gasteiger partial charge in [-0.15, -0.1) is 0 Å². The first kappa shape index (κ1) is 9.16. The lowest BCUT2D eigenvalue weighted by atomic mass is 9.92. The average Bonchev–Trinajstić information content (AvgIpc) is 2.41. The highest BCUT2D eigenvalue weighted by molar-refractivity contribution is 6.04. The number of hydrogen-bond acceptors (Lipinski definition) is 2. The van der Waals surface area contributed by atoms with Crippen molar-refractivity contribution in [2.75, 3.05) is 0 Å². The molecule has 1 aliphatic rings. The van der Waals surface area contributed by atoms with Crippen molar-refractivity contribution < 1.29 is 9.90 Å². The molecular formula is C12H12O2. The molecule has 0 bridgehead atoms. The smallest absolute Gasteiger partial charge is 0.159 e. The van der Waals surface area contributed by atoms with Gasteiger partial charge in [0, 0.05) is 6.42 Å². The van der Waals surface area contributed by atoms with Crippen LogP contribution in [0.4, 0.5) is 0 Å². The Morgan fingerprint density at radius 2 is 1.93 bits per heavy atom. The van der Waals surface area contributed by atoms with E-state index in [9.17, 15) is 9.90 Å². The predicted molar refractivity (Wildman–Crippen MR) is 54.7 cm³/mol. The van der Waals surface area contributed by atoms with Crippen molar-refractivity contribution in [3.05, 3.63) is 42.0 Å². The Hall–Kier alpha value is -1.41. The van der Waals surface area contributed by atoms with Gasteiger partial charge in [-0.3, -0.25) is 4.79 Å². The summed E-state index contributed by atoms with van der Waals surface area (Å²) in [6, 6.07) is 9.51. The molecule has 0 fully saturated rings. The maximum absolute atomic E-state index is 11.2. The number of hydrogen-bond donors (Lipinski definition) is 1. The highest BCUT2D eigenvalue weighted by Crippen LogP contribution is 2.35. The summed E-state index contributed by atoms with van der Waals surface area (Å²) < 4.78 is 0. The normalized spacial score (nSPS) is 26.4. The monoisotopic (exact) mass is 188 g/mol. The molecule has 1 aromatic rings. The zero-order valence-corrected chi connectivity index (χ0v) is 8.03. The number of ketones is 1. The van der Waals surface area contributed by atoms with Gasteiger partial charge >= 0.3 is 0 Å². The first-order chi connectivity index (χ1) is 6.59. The van der Waals surface area contributed by atoms with Crippen LogP contribution in [0.25, 0.3) is 5.57 Å². The second-order valence-corrected chi connectivity index (χ2v) is 3.84. The summed E-state index contributed by atoms with van der Waals surface area (Å²) in [7, 11) is 0. The van der Waals surface area contributed by atoms with E-state index in [-0.39, 0.29) is 12.2 Å². The minimum Gasteiger partial charge on any atom is -0.385 e. The molecule has 2 heteroatoms. The minimum atomic E-state index is -1.00. The summed E-state index contributed by atoms with van der Waals surface area (Å²) in [6.07, 6.45) is 1.73. The van der Waals surface area contributed by atoms with Crippen LogP contribution in [0.2, 0.25) is 0 Å². The molecule has 72 valence electrons. The Balaban J connectivity index is 2.45. The molecule has 1 aliphatic carbocycles. The van der Waals surface area contributed by atoms with Gasteiger partial charge in [-0.2, -0.15) is 0 Å². The Labute approximate surface area is 82.9 Å². The van der Waals surface area contributed by atoms with Crippen LogP contribution in [0, 0.1) is 0 Å². The van der Waals surface area contributed by atoms with Crippen LogP contribution in [0.3, 0.4) is 0 Å². The molecule has 0 aliphatic heterocycles. The molecule has 0 saturated heterocycles. The van der Waals surface area contributed by atoms with Gasteiger partial charge in [0.1, 0.15) is 0 Å².